The number of rotatable bonds is 4. The summed E-state index contributed by atoms with van der Waals surface area (Å²) in [5.41, 5.74) is 2.24. The van der Waals surface area contributed by atoms with E-state index in [-0.39, 0.29) is 36.8 Å². The van der Waals surface area contributed by atoms with E-state index < -0.39 is 0 Å². The highest BCUT2D eigenvalue weighted by Crippen LogP contribution is 2.25. The number of carbonyl (C=O) groups is 1. The van der Waals surface area contributed by atoms with E-state index in [9.17, 15) is 4.79 Å². The zero-order chi connectivity index (χ0) is 17.1. The Bertz CT molecular complexity index is 770. The Kier molecular flexibility index (Phi) is 7.79. The fourth-order valence-corrected chi connectivity index (χ4v) is 3.12. The molecule has 1 unspecified atom stereocenters. The summed E-state index contributed by atoms with van der Waals surface area (Å²) in [4.78, 5) is 21.5. The van der Waals surface area contributed by atoms with Crippen molar-refractivity contribution in [2.24, 2.45) is 0 Å². The third-order valence-corrected chi connectivity index (χ3v) is 4.42. The van der Waals surface area contributed by atoms with Gasteiger partial charge in [0.15, 0.2) is 5.82 Å². The van der Waals surface area contributed by atoms with Crippen LogP contribution in [0.1, 0.15) is 16.1 Å². The summed E-state index contributed by atoms with van der Waals surface area (Å²) < 4.78 is 5.73. The molecule has 1 atom stereocenters. The van der Waals surface area contributed by atoms with Crippen LogP contribution in [0.3, 0.4) is 0 Å². The molecule has 2 aromatic rings. The van der Waals surface area contributed by atoms with Gasteiger partial charge in [-0.05, 0) is 6.42 Å². The first-order chi connectivity index (χ1) is 12.3. The van der Waals surface area contributed by atoms with E-state index >= 15 is 0 Å². The van der Waals surface area contributed by atoms with Crippen LogP contribution in [0.5, 0.6) is 0 Å². The first kappa shape index (κ1) is 21.4. The van der Waals surface area contributed by atoms with Crippen molar-refractivity contribution in [1.82, 2.24) is 20.6 Å². The molecule has 9 heteroatoms. The summed E-state index contributed by atoms with van der Waals surface area (Å²) in [6.07, 6.45) is 0.819. The van der Waals surface area contributed by atoms with Crippen LogP contribution >= 0.6 is 24.8 Å². The van der Waals surface area contributed by atoms with Crippen LogP contribution in [0.2, 0.25) is 0 Å². The highest BCUT2D eigenvalue weighted by atomic mass is 35.5. The number of halogens is 2. The molecule has 3 heterocycles. The number of anilines is 1. The number of fused-ring (bicyclic) bond motifs is 1. The molecule has 2 aliphatic rings. The Morgan fingerprint density at radius 1 is 1.15 bits per heavy atom. The Morgan fingerprint density at radius 3 is 2.70 bits per heavy atom. The molecule has 0 saturated carbocycles. The molecule has 1 saturated heterocycles. The maximum absolute atomic E-state index is 12.3. The number of ether oxygens (including phenoxy) is 1. The average Bonchev–Trinajstić information content (AvgIpc) is 2.68. The molecule has 0 aliphatic carbocycles. The van der Waals surface area contributed by atoms with Gasteiger partial charge in [-0.15, -0.1) is 24.8 Å². The summed E-state index contributed by atoms with van der Waals surface area (Å²) in [7, 11) is 0. The summed E-state index contributed by atoms with van der Waals surface area (Å²) in [5, 5.41) is 9.55. The van der Waals surface area contributed by atoms with E-state index in [1.807, 2.05) is 30.3 Å². The molecule has 1 amide bonds. The molecule has 27 heavy (non-hydrogen) atoms. The van der Waals surface area contributed by atoms with Crippen LogP contribution in [0.25, 0.3) is 11.4 Å². The quantitative estimate of drug-likeness (QED) is 0.708. The second-order valence-electron chi connectivity index (χ2n) is 6.17. The second kappa shape index (κ2) is 9.85. The second-order valence-corrected chi connectivity index (χ2v) is 6.17. The number of carbonyl (C=O) groups excluding carboxylic acids is 1. The topological polar surface area (TPSA) is 88.2 Å². The van der Waals surface area contributed by atoms with Gasteiger partial charge >= 0.3 is 0 Å². The summed E-state index contributed by atoms with van der Waals surface area (Å²) >= 11 is 0. The number of morpholine rings is 1. The summed E-state index contributed by atoms with van der Waals surface area (Å²) in [5.74, 6) is 1.15. The molecule has 2 aliphatic heterocycles. The molecular formula is C18H23Cl2N5O2. The molecule has 1 fully saturated rings. The van der Waals surface area contributed by atoms with Crippen molar-refractivity contribution in [3.05, 3.63) is 41.6 Å². The lowest BCUT2D eigenvalue weighted by atomic mass is 10.1. The Morgan fingerprint density at radius 2 is 1.96 bits per heavy atom. The van der Waals surface area contributed by atoms with E-state index in [2.05, 4.69) is 20.9 Å². The molecule has 4 rings (SSSR count). The van der Waals surface area contributed by atoms with Gasteiger partial charge < -0.3 is 20.7 Å². The van der Waals surface area contributed by atoms with Crippen molar-refractivity contribution in [2.75, 3.05) is 38.1 Å². The van der Waals surface area contributed by atoms with Gasteiger partial charge in [-0.2, -0.15) is 0 Å². The average molecular weight is 412 g/mol. The molecule has 1 aromatic carbocycles. The van der Waals surface area contributed by atoms with Crippen LogP contribution in [0, 0.1) is 0 Å². The maximum atomic E-state index is 12.3. The minimum absolute atomic E-state index is 0. The minimum Gasteiger partial charge on any atom is -0.374 e. The molecule has 0 radical (unpaired) electrons. The number of aromatic nitrogens is 2. The molecule has 1 aromatic heterocycles. The van der Waals surface area contributed by atoms with E-state index in [0.717, 1.165) is 36.5 Å². The first-order valence-electron chi connectivity index (χ1n) is 8.62. The monoisotopic (exact) mass is 411 g/mol. The van der Waals surface area contributed by atoms with Gasteiger partial charge in [0, 0.05) is 37.3 Å². The SMILES string of the molecule is Cl.Cl.O=C1NCCc2c(NCC3CNCCO3)nc(-c3ccccc3)nc21. The molecule has 0 spiro atoms. The third kappa shape index (κ3) is 4.87. The van der Waals surface area contributed by atoms with Gasteiger partial charge in [0.2, 0.25) is 0 Å². The minimum atomic E-state index is -0.139. The van der Waals surface area contributed by atoms with Crippen molar-refractivity contribution in [3.63, 3.8) is 0 Å². The van der Waals surface area contributed by atoms with E-state index in [4.69, 9.17) is 9.72 Å². The van der Waals surface area contributed by atoms with Crippen LogP contribution in [0.4, 0.5) is 5.82 Å². The number of amides is 1. The van der Waals surface area contributed by atoms with Gasteiger partial charge in [0.25, 0.3) is 5.91 Å². The van der Waals surface area contributed by atoms with Crippen LogP contribution < -0.4 is 16.0 Å². The molecule has 0 bridgehead atoms. The van der Waals surface area contributed by atoms with E-state index in [1.54, 1.807) is 0 Å². The van der Waals surface area contributed by atoms with Gasteiger partial charge in [-0.3, -0.25) is 4.79 Å². The molecule has 146 valence electrons. The predicted octanol–water partition coefficient (Wildman–Crippen LogP) is 1.67. The summed E-state index contributed by atoms with van der Waals surface area (Å²) in [6.45, 7) is 3.66. The van der Waals surface area contributed by atoms with Gasteiger partial charge in [-0.1, -0.05) is 30.3 Å². The van der Waals surface area contributed by atoms with E-state index in [0.29, 0.717) is 31.2 Å². The standard InChI is InChI=1S/C18H21N5O2.2ClH/c24-18-15-14(6-7-20-18)17(21-11-13-10-19-8-9-25-13)23-16(22-15)12-4-2-1-3-5-12;;/h1-5,13,19H,6-11H2,(H,20,24)(H,21,22,23);2*1H. The fourth-order valence-electron chi connectivity index (χ4n) is 3.12. The van der Waals surface area contributed by atoms with E-state index in [1.165, 1.54) is 0 Å². The number of nitrogens with one attached hydrogen (secondary N) is 3. The highest BCUT2D eigenvalue weighted by Gasteiger charge is 2.24. The van der Waals surface area contributed by atoms with Gasteiger partial charge in [0.1, 0.15) is 11.5 Å². The lowest BCUT2D eigenvalue weighted by molar-refractivity contribution is 0.0372. The lowest BCUT2D eigenvalue weighted by Crippen LogP contribution is -2.42. The number of benzene rings is 1. The van der Waals surface area contributed by atoms with Crippen molar-refractivity contribution in [2.45, 2.75) is 12.5 Å². The Labute approximate surface area is 170 Å². The van der Waals surface area contributed by atoms with Crippen molar-refractivity contribution >= 4 is 36.5 Å². The number of nitrogens with zero attached hydrogens (tertiary/aromatic N) is 2. The zero-order valence-corrected chi connectivity index (χ0v) is 16.4. The van der Waals surface area contributed by atoms with Gasteiger partial charge in [-0.25, -0.2) is 9.97 Å². The summed E-state index contributed by atoms with van der Waals surface area (Å²) in [6, 6.07) is 9.71. The Hall–Kier alpha value is -1.93. The predicted molar refractivity (Wildman–Crippen MR) is 109 cm³/mol. The van der Waals surface area contributed by atoms with Crippen LogP contribution in [-0.2, 0) is 11.2 Å². The highest BCUT2D eigenvalue weighted by molar-refractivity contribution is 5.96. The molecular weight excluding hydrogens is 389 g/mol. The maximum Gasteiger partial charge on any atom is 0.270 e. The normalized spacial score (nSPS) is 18.4. The Balaban J connectivity index is 0.00000131. The smallest absolute Gasteiger partial charge is 0.270 e. The van der Waals surface area contributed by atoms with Crippen molar-refractivity contribution in [1.29, 1.82) is 0 Å². The molecule has 3 N–H and O–H groups in total. The van der Waals surface area contributed by atoms with Crippen LogP contribution in [0.15, 0.2) is 30.3 Å². The third-order valence-electron chi connectivity index (χ3n) is 4.42. The number of hydrogen-bond donors (Lipinski definition) is 3. The largest absolute Gasteiger partial charge is 0.374 e. The van der Waals surface area contributed by atoms with Crippen molar-refractivity contribution < 1.29 is 9.53 Å². The zero-order valence-electron chi connectivity index (χ0n) is 14.7. The number of hydrogen-bond acceptors (Lipinski definition) is 6. The van der Waals surface area contributed by atoms with Gasteiger partial charge in [0.05, 0.1) is 12.7 Å². The first-order valence-corrected chi connectivity index (χ1v) is 8.62. The fraction of sp³-hybridized carbons (Fsp3) is 0.389. The molecule has 7 nitrogen and oxygen atoms in total. The van der Waals surface area contributed by atoms with Crippen molar-refractivity contribution in [3.8, 4) is 11.4 Å². The lowest BCUT2D eigenvalue weighted by Gasteiger charge is -2.25. The van der Waals surface area contributed by atoms with Crippen LogP contribution in [-0.4, -0.2) is 54.8 Å².